The maximum atomic E-state index is 4.45. The van der Waals surface area contributed by atoms with Crippen LogP contribution in [0, 0.1) is 5.92 Å². The van der Waals surface area contributed by atoms with Gasteiger partial charge in [0.2, 0.25) is 0 Å². The fourth-order valence-corrected chi connectivity index (χ4v) is 5.23. The molecule has 1 N–H and O–H groups in total. The van der Waals surface area contributed by atoms with E-state index in [1.165, 1.54) is 66.6 Å². The van der Waals surface area contributed by atoms with Crippen molar-refractivity contribution in [2.45, 2.75) is 45.1 Å². The molecule has 170 valence electrons. The molecule has 33 heavy (non-hydrogen) atoms. The lowest BCUT2D eigenvalue weighted by Gasteiger charge is -2.25. The molecule has 0 amide bonds. The summed E-state index contributed by atoms with van der Waals surface area (Å²) in [7, 11) is 0. The Balaban J connectivity index is 1.09. The molecule has 1 saturated heterocycles. The molecule has 0 atom stereocenters. The van der Waals surface area contributed by atoms with Gasteiger partial charge < -0.3 is 10.2 Å². The second-order valence-electron chi connectivity index (χ2n) is 9.87. The molecule has 1 aromatic carbocycles. The fourth-order valence-electron chi connectivity index (χ4n) is 5.23. The standard InChI is InChI=1S/C27H32N6/c1-2-9-32(8-1)26-13-25(16-29-17-26)27-19-33(31-30-27)18-21-6-7-23-11-22(12-24(23)10-21)15-28-14-20-4-3-5-20/h6-7,10-11,13,16-17,19-20,28H,1-5,8-9,12,14-15,18H2. The minimum atomic E-state index is 0.731. The molecule has 1 saturated carbocycles. The monoisotopic (exact) mass is 440 g/mol. The van der Waals surface area contributed by atoms with E-state index in [9.17, 15) is 0 Å². The van der Waals surface area contributed by atoms with Crippen molar-refractivity contribution in [3.05, 3.63) is 65.1 Å². The zero-order valence-electron chi connectivity index (χ0n) is 19.2. The summed E-state index contributed by atoms with van der Waals surface area (Å²) in [5.41, 5.74) is 8.65. The Morgan fingerprint density at radius 3 is 2.79 bits per heavy atom. The van der Waals surface area contributed by atoms with E-state index < -0.39 is 0 Å². The summed E-state index contributed by atoms with van der Waals surface area (Å²) in [5.74, 6) is 0.909. The van der Waals surface area contributed by atoms with Crippen LogP contribution < -0.4 is 10.2 Å². The van der Waals surface area contributed by atoms with E-state index in [1.807, 2.05) is 23.3 Å². The van der Waals surface area contributed by atoms with E-state index in [4.69, 9.17) is 0 Å². The van der Waals surface area contributed by atoms with Gasteiger partial charge in [0.1, 0.15) is 5.69 Å². The predicted molar refractivity (Wildman–Crippen MR) is 132 cm³/mol. The summed E-state index contributed by atoms with van der Waals surface area (Å²) in [5, 5.41) is 12.5. The van der Waals surface area contributed by atoms with Gasteiger partial charge in [-0.05, 0) is 67.3 Å². The van der Waals surface area contributed by atoms with Crippen LogP contribution in [0.4, 0.5) is 5.69 Å². The summed E-state index contributed by atoms with van der Waals surface area (Å²) < 4.78 is 1.93. The van der Waals surface area contributed by atoms with Gasteiger partial charge in [-0.15, -0.1) is 5.10 Å². The number of hydrogen-bond donors (Lipinski definition) is 1. The summed E-state index contributed by atoms with van der Waals surface area (Å²) >= 11 is 0. The highest BCUT2D eigenvalue weighted by atomic mass is 15.4. The summed E-state index contributed by atoms with van der Waals surface area (Å²) in [6.45, 7) is 5.14. The molecule has 0 spiro atoms. The minimum Gasteiger partial charge on any atom is -0.370 e. The molecule has 0 unspecified atom stereocenters. The lowest BCUT2D eigenvalue weighted by molar-refractivity contribution is 0.305. The van der Waals surface area contributed by atoms with E-state index in [0.29, 0.717) is 0 Å². The second-order valence-corrected chi connectivity index (χ2v) is 9.87. The first kappa shape index (κ1) is 20.6. The Morgan fingerprint density at radius 2 is 1.94 bits per heavy atom. The smallest absolute Gasteiger partial charge is 0.114 e. The molecule has 6 rings (SSSR count). The van der Waals surface area contributed by atoms with Gasteiger partial charge in [-0.1, -0.05) is 41.5 Å². The van der Waals surface area contributed by atoms with Crippen molar-refractivity contribution >= 4 is 11.8 Å². The van der Waals surface area contributed by atoms with Crippen molar-refractivity contribution < 1.29 is 0 Å². The Kier molecular flexibility index (Phi) is 5.68. The van der Waals surface area contributed by atoms with Crippen LogP contribution in [0.15, 0.2) is 48.4 Å². The molecule has 6 nitrogen and oxygen atoms in total. The molecule has 3 aliphatic rings. The Bertz CT molecular complexity index is 1150. The van der Waals surface area contributed by atoms with Gasteiger partial charge in [0.25, 0.3) is 0 Å². The number of nitrogens with one attached hydrogen (secondary N) is 1. The highest BCUT2D eigenvalue weighted by Gasteiger charge is 2.18. The molecule has 6 heteroatoms. The largest absolute Gasteiger partial charge is 0.370 e. The molecule has 2 fully saturated rings. The van der Waals surface area contributed by atoms with E-state index in [0.717, 1.165) is 49.8 Å². The van der Waals surface area contributed by atoms with Gasteiger partial charge >= 0.3 is 0 Å². The normalized spacial score (nSPS) is 17.8. The van der Waals surface area contributed by atoms with Gasteiger partial charge in [-0.2, -0.15) is 0 Å². The Morgan fingerprint density at radius 1 is 1.03 bits per heavy atom. The average molecular weight is 441 g/mol. The third-order valence-corrected chi connectivity index (χ3v) is 7.37. The molecule has 0 radical (unpaired) electrons. The molecule has 2 aromatic heterocycles. The number of fused-ring (bicyclic) bond motifs is 1. The van der Waals surface area contributed by atoms with Crippen molar-refractivity contribution in [2.24, 2.45) is 5.92 Å². The third-order valence-electron chi connectivity index (χ3n) is 7.37. The fraction of sp³-hybridized carbons (Fsp3) is 0.444. The minimum absolute atomic E-state index is 0.731. The summed E-state index contributed by atoms with van der Waals surface area (Å²) in [4.78, 5) is 6.85. The van der Waals surface area contributed by atoms with Crippen molar-refractivity contribution in [2.75, 3.05) is 31.1 Å². The van der Waals surface area contributed by atoms with Crippen LogP contribution in [0.1, 0.15) is 48.8 Å². The number of pyridine rings is 1. The van der Waals surface area contributed by atoms with E-state index in [-0.39, 0.29) is 0 Å². The van der Waals surface area contributed by atoms with Gasteiger partial charge in [0, 0.05) is 31.4 Å². The van der Waals surface area contributed by atoms with Crippen LogP contribution in [-0.4, -0.2) is 46.2 Å². The lowest BCUT2D eigenvalue weighted by atomic mass is 9.85. The van der Waals surface area contributed by atoms with Crippen molar-refractivity contribution in [1.29, 1.82) is 0 Å². The number of rotatable bonds is 8. The molecule has 1 aliphatic heterocycles. The SMILES string of the molecule is C1=C(CNCC2CCC2)Cc2cc(Cn3cc(-c4cncc(N5CCCC5)c4)nn3)ccc21. The first-order valence-corrected chi connectivity index (χ1v) is 12.4. The third kappa shape index (κ3) is 4.58. The summed E-state index contributed by atoms with van der Waals surface area (Å²) in [6, 6.07) is 9.00. The Hall–Kier alpha value is -2.99. The molecular formula is C27H32N6. The van der Waals surface area contributed by atoms with Gasteiger partial charge in [0.15, 0.2) is 0 Å². The molecule has 3 heterocycles. The van der Waals surface area contributed by atoms with Crippen LogP contribution in [0.2, 0.25) is 0 Å². The van der Waals surface area contributed by atoms with Crippen molar-refractivity contribution in [1.82, 2.24) is 25.3 Å². The Labute approximate surface area is 195 Å². The molecule has 0 bridgehead atoms. The van der Waals surface area contributed by atoms with Gasteiger partial charge in [-0.25, -0.2) is 4.68 Å². The van der Waals surface area contributed by atoms with E-state index >= 15 is 0 Å². The lowest BCUT2D eigenvalue weighted by Crippen LogP contribution is -2.28. The van der Waals surface area contributed by atoms with Crippen LogP contribution in [0.5, 0.6) is 0 Å². The first-order valence-electron chi connectivity index (χ1n) is 12.4. The van der Waals surface area contributed by atoms with Crippen LogP contribution in [0.3, 0.4) is 0 Å². The summed E-state index contributed by atoms with van der Waals surface area (Å²) in [6.07, 6.45) is 16.0. The number of benzene rings is 1. The second kappa shape index (κ2) is 9.10. The maximum absolute atomic E-state index is 4.45. The molecule has 3 aromatic rings. The highest BCUT2D eigenvalue weighted by Crippen LogP contribution is 2.28. The molecule has 2 aliphatic carbocycles. The average Bonchev–Trinajstić information content (AvgIpc) is 3.56. The predicted octanol–water partition coefficient (Wildman–Crippen LogP) is 4.32. The van der Waals surface area contributed by atoms with Gasteiger partial charge in [-0.3, -0.25) is 4.98 Å². The number of anilines is 1. The van der Waals surface area contributed by atoms with E-state index in [1.54, 1.807) is 0 Å². The number of hydrogen-bond acceptors (Lipinski definition) is 5. The zero-order chi connectivity index (χ0) is 22.0. The zero-order valence-corrected chi connectivity index (χ0v) is 19.2. The number of nitrogens with zero attached hydrogens (tertiary/aromatic N) is 5. The maximum Gasteiger partial charge on any atom is 0.114 e. The topological polar surface area (TPSA) is 58.9 Å². The highest BCUT2D eigenvalue weighted by molar-refractivity contribution is 5.65. The van der Waals surface area contributed by atoms with Crippen molar-refractivity contribution in [3.8, 4) is 11.3 Å². The molecular weight excluding hydrogens is 408 g/mol. The number of aromatic nitrogens is 4. The van der Waals surface area contributed by atoms with Crippen LogP contribution in [-0.2, 0) is 13.0 Å². The van der Waals surface area contributed by atoms with E-state index in [2.05, 4.69) is 55.9 Å². The van der Waals surface area contributed by atoms with Crippen molar-refractivity contribution in [3.63, 3.8) is 0 Å². The first-order chi connectivity index (χ1) is 16.3. The van der Waals surface area contributed by atoms with Gasteiger partial charge in [0.05, 0.1) is 24.6 Å². The van der Waals surface area contributed by atoms with Crippen LogP contribution in [0.25, 0.3) is 17.3 Å². The quantitative estimate of drug-likeness (QED) is 0.565. The van der Waals surface area contributed by atoms with Crippen LogP contribution >= 0.6 is 0 Å².